The third kappa shape index (κ3) is 5.30. The van der Waals surface area contributed by atoms with Gasteiger partial charge in [0, 0.05) is 18.6 Å². The number of rotatable bonds is 8. The zero-order chi connectivity index (χ0) is 20.8. The van der Waals surface area contributed by atoms with E-state index in [0.29, 0.717) is 18.1 Å². The maximum absolute atomic E-state index is 14.5. The van der Waals surface area contributed by atoms with Crippen LogP contribution in [0.25, 0.3) is 0 Å². The van der Waals surface area contributed by atoms with Crippen LogP contribution in [-0.2, 0) is 0 Å². The second-order valence-electron chi connectivity index (χ2n) is 6.99. The molecule has 1 amide bonds. The van der Waals surface area contributed by atoms with Gasteiger partial charge in [-0.15, -0.1) is 0 Å². The van der Waals surface area contributed by atoms with Crippen LogP contribution in [0.15, 0.2) is 24.4 Å². The number of aliphatic hydroxyl groups is 1. The van der Waals surface area contributed by atoms with E-state index in [9.17, 15) is 9.18 Å². The molecule has 1 unspecified atom stereocenters. The highest BCUT2D eigenvalue weighted by Crippen LogP contribution is 2.26. The minimum atomic E-state index is -0.797. The number of carbonyl (C=O) groups is 1. The molecule has 10 heteroatoms. The molecule has 156 valence electrons. The number of nitrogens with one attached hydrogen (secondary N) is 3. The number of hydrogen-bond acceptors (Lipinski definition) is 8. The van der Waals surface area contributed by atoms with E-state index in [0.717, 1.165) is 31.7 Å². The van der Waals surface area contributed by atoms with Crippen LogP contribution < -0.4 is 27.4 Å². The summed E-state index contributed by atoms with van der Waals surface area (Å²) in [5, 5.41) is 17.8. The average Bonchev–Trinajstić information content (AvgIpc) is 2.71. The Morgan fingerprint density at radius 3 is 2.72 bits per heavy atom. The van der Waals surface area contributed by atoms with Crippen LogP contribution in [0.3, 0.4) is 0 Å². The smallest absolute Gasteiger partial charge is 0.252 e. The van der Waals surface area contributed by atoms with E-state index in [-0.39, 0.29) is 35.9 Å². The highest BCUT2D eigenvalue weighted by molar-refractivity contribution is 5.98. The number of aliphatic hydroxyl groups excluding tert-OH is 1. The van der Waals surface area contributed by atoms with Gasteiger partial charge in [0.2, 0.25) is 0 Å². The maximum Gasteiger partial charge on any atom is 0.252 e. The number of nitrogens with zero attached hydrogens (tertiary/aromatic N) is 2. The van der Waals surface area contributed by atoms with Crippen molar-refractivity contribution in [2.45, 2.75) is 37.8 Å². The maximum atomic E-state index is 14.5. The Morgan fingerprint density at radius 1 is 1.28 bits per heavy atom. The third-order valence-corrected chi connectivity index (χ3v) is 4.83. The van der Waals surface area contributed by atoms with Crippen molar-refractivity contribution < 1.29 is 14.3 Å². The van der Waals surface area contributed by atoms with Crippen molar-refractivity contribution in [2.24, 2.45) is 11.5 Å². The van der Waals surface area contributed by atoms with E-state index in [2.05, 4.69) is 25.9 Å². The highest BCUT2D eigenvalue weighted by Gasteiger charge is 2.24. The van der Waals surface area contributed by atoms with Gasteiger partial charge in [0.1, 0.15) is 11.6 Å². The van der Waals surface area contributed by atoms with Gasteiger partial charge in [-0.05, 0) is 31.0 Å². The molecular formula is C19H26FN7O2. The first-order valence-corrected chi connectivity index (χ1v) is 9.58. The Balaban J connectivity index is 1.83. The topological polar surface area (TPSA) is 151 Å². The number of anilines is 4. The second kappa shape index (κ2) is 9.48. The van der Waals surface area contributed by atoms with Crippen molar-refractivity contribution in [3.05, 3.63) is 35.8 Å². The van der Waals surface area contributed by atoms with Crippen LogP contribution in [-0.4, -0.2) is 46.2 Å². The number of amides is 1. The van der Waals surface area contributed by atoms with Crippen molar-refractivity contribution >= 4 is 29.0 Å². The first-order valence-electron chi connectivity index (χ1n) is 9.58. The average molecular weight is 403 g/mol. The lowest BCUT2D eigenvalue weighted by atomic mass is 9.91. The molecular weight excluding hydrogens is 377 g/mol. The summed E-state index contributed by atoms with van der Waals surface area (Å²) in [7, 11) is 0. The Kier molecular flexibility index (Phi) is 6.78. The van der Waals surface area contributed by atoms with Gasteiger partial charge in [-0.1, -0.05) is 12.8 Å². The van der Waals surface area contributed by atoms with Gasteiger partial charge in [-0.2, -0.15) is 0 Å². The lowest BCUT2D eigenvalue weighted by molar-refractivity contribution is 0.100. The van der Waals surface area contributed by atoms with E-state index in [1.54, 1.807) is 12.1 Å². The zero-order valence-electron chi connectivity index (χ0n) is 16.0. The van der Waals surface area contributed by atoms with Crippen LogP contribution in [0.4, 0.5) is 27.5 Å². The number of pyridine rings is 2. The van der Waals surface area contributed by atoms with E-state index in [1.165, 1.54) is 6.20 Å². The Morgan fingerprint density at radius 2 is 2.07 bits per heavy atom. The van der Waals surface area contributed by atoms with Gasteiger partial charge >= 0.3 is 0 Å². The van der Waals surface area contributed by atoms with Crippen molar-refractivity contribution in [2.75, 3.05) is 29.1 Å². The lowest BCUT2D eigenvalue weighted by Gasteiger charge is -2.30. The molecule has 2 aromatic heterocycles. The first kappa shape index (κ1) is 20.7. The molecule has 0 bridgehead atoms. The van der Waals surface area contributed by atoms with Crippen LogP contribution >= 0.6 is 0 Å². The fourth-order valence-corrected chi connectivity index (χ4v) is 3.28. The van der Waals surface area contributed by atoms with E-state index >= 15 is 0 Å². The van der Waals surface area contributed by atoms with E-state index in [1.807, 2.05) is 0 Å². The molecule has 3 rings (SSSR count). The molecule has 2 aromatic rings. The molecule has 0 spiro atoms. The summed E-state index contributed by atoms with van der Waals surface area (Å²) >= 11 is 0. The summed E-state index contributed by atoms with van der Waals surface area (Å²) in [5.74, 6) is -0.726. The van der Waals surface area contributed by atoms with Gasteiger partial charge in [-0.3, -0.25) is 4.79 Å². The standard InChI is InChI=1S/C19H26FN7O2/c20-13-9-12(17(22)29)18(25-11-5-6-16(24-10-11)23-7-8-28)27-19(13)26-15-4-2-1-3-14(15)21/h5-6,9-10,14-15,28H,1-4,7-8,21H2,(H2,22,29)(H,23,24)(H2,25,26,27)/t14?,15-/m1/s1. The van der Waals surface area contributed by atoms with Crippen molar-refractivity contribution in [3.63, 3.8) is 0 Å². The SMILES string of the molecule is NC(=O)c1cc(F)c(N[C@@H]2CCCCC2N)nc1Nc1ccc(NCCO)nc1. The molecule has 9 nitrogen and oxygen atoms in total. The van der Waals surface area contributed by atoms with Crippen molar-refractivity contribution in [3.8, 4) is 0 Å². The number of primary amides is 1. The predicted molar refractivity (Wildman–Crippen MR) is 110 cm³/mol. The van der Waals surface area contributed by atoms with Gasteiger partial charge < -0.3 is 32.5 Å². The normalized spacial score (nSPS) is 18.9. The zero-order valence-corrected chi connectivity index (χ0v) is 16.0. The Bertz CT molecular complexity index is 847. The van der Waals surface area contributed by atoms with Crippen molar-refractivity contribution in [1.29, 1.82) is 0 Å². The molecule has 8 N–H and O–H groups in total. The summed E-state index contributed by atoms with van der Waals surface area (Å²) in [5.41, 5.74) is 12.0. The molecule has 2 heterocycles. The number of carbonyl (C=O) groups excluding carboxylic acids is 1. The molecule has 1 aliphatic rings. The number of hydrogen-bond donors (Lipinski definition) is 6. The molecule has 1 aliphatic carbocycles. The number of nitrogens with two attached hydrogens (primary N) is 2. The van der Waals surface area contributed by atoms with Crippen LogP contribution in [0, 0.1) is 5.82 Å². The molecule has 0 aliphatic heterocycles. The minimum absolute atomic E-state index is 0.0103. The third-order valence-electron chi connectivity index (χ3n) is 4.83. The van der Waals surface area contributed by atoms with Gasteiger partial charge in [0.05, 0.1) is 24.1 Å². The van der Waals surface area contributed by atoms with Crippen LogP contribution in [0.5, 0.6) is 0 Å². The number of halogens is 1. The van der Waals surface area contributed by atoms with Gasteiger partial charge in [0.25, 0.3) is 5.91 Å². The van der Waals surface area contributed by atoms with Crippen LogP contribution in [0.1, 0.15) is 36.0 Å². The van der Waals surface area contributed by atoms with Crippen LogP contribution in [0.2, 0.25) is 0 Å². The van der Waals surface area contributed by atoms with Crippen molar-refractivity contribution in [1.82, 2.24) is 9.97 Å². The fraction of sp³-hybridized carbons (Fsp3) is 0.421. The summed E-state index contributed by atoms with van der Waals surface area (Å²) < 4.78 is 14.5. The molecule has 0 radical (unpaired) electrons. The Hall–Kier alpha value is -2.98. The summed E-state index contributed by atoms with van der Waals surface area (Å²) in [6, 6.07) is 4.31. The quantitative estimate of drug-likeness (QED) is 0.388. The van der Waals surface area contributed by atoms with E-state index < -0.39 is 11.7 Å². The monoisotopic (exact) mass is 403 g/mol. The number of aromatic nitrogens is 2. The fourth-order valence-electron chi connectivity index (χ4n) is 3.28. The predicted octanol–water partition coefficient (Wildman–Crippen LogP) is 1.54. The largest absolute Gasteiger partial charge is 0.395 e. The molecule has 29 heavy (non-hydrogen) atoms. The summed E-state index contributed by atoms with van der Waals surface area (Å²) in [4.78, 5) is 20.2. The van der Waals surface area contributed by atoms with E-state index in [4.69, 9.17) is 16.6 Å². The Labute approximate surface area is 168 Å². The molecule has 1 saturated carbocycles. The molecule has 0 saturated heterocycles. The summed E-state index contributed by atoms with van der Waals surface area (Å²) in [6.45, 7) is 0.368. The first-order chi connectivity index (χ1) is 14.0. The lowest BCUT2D eigenvalue weighted by Crippen LogP contribution is -2.43. The molecule has 2 atom stereocenters. The highest BCUT2D eigenvalue weighted by atomic mass is 19.1. The van der Waals surface area contributed by atoms with Gasteiger partial charge in [-0.25, -0.2) is 14.4 Å². The van der Waals surface area contributed by atoms with Gasteiger partial charge in [0.15, 0.2) is 11.6 Å². The molecule has 0 aromatic carbocycles. The minimum Gasteiger partial charge on any atom is -0.395 e. The second-order valence-corrected chi connectivity index (χ2v) is 6.99. The summed E-state index contributed by atoms with van der Waals surface area (Å²) in [6.07, 6.45) is 5.29. The molecule has 1 fully saturated rings.